The summed E-state index contributed by atoms with van der Waals surface area (Å²) in [5, 5.41) is 0. The summed E-state index contributed by atoms with van der Waals surface area (Å²) in [5.74, 6) is 6.42. The van der Waals surface area contributed by atoms with E-state index in [1.165, 1.54) is 22.3 Å². The van der Waals surface area contributed by atoms with Crippen LogP contribution in [0.4, 0.5) is 34.1 Å². The molecule has 6 aliphatic rings. The van der Waals surface area contributed by atoms with Crippen LogP contribution in [0.1, 0.15) is 49.9 Å². The first kappa shape index (κ1) is 38.1. The fourth-order valence-corrected chi connectivity index (χ4v) is 12.5. The van der Waals surface area contributed by atoms with Crippen molar-refractivity contribution >= 4 is 80.3 Å². The standard InChI is InChI=1S/C60H42B2N2O4/c1-59(2)37-17-5-11-23-45(37)63(46-24-12-6-18-38(46)59)35-29-53-57-55(31-35)67-51-33-44-52(34-43(51)61(57)41-21-9-15-27-49(41)65-53)68-56-32-36(30-54-58(56)62(44)42-22-10-16-28-50(42)66-54)64-47-25-13-7-19-39(47)60(3,4)40-20-8-14-26-48(40)64/h5-34H,1-4H3. The number of rotatable bonds is 2. The van der Waals surface area contributed by atoms with Gasteiger partial charge in [0.25, 0.3) is 13.4 Å². The van der Waals surface area contributed by atoms with Crippen LogP contribution in [0.3, 0.4) is 0 Å². The molecule has 0 N–H and O–H groups in total. The highest BCUT2D eigenvalue weighted by atomic mass is 16.5. The summed E-state index contributed by atoms with van der Waals surface area (Å²) in [6, 6.07) is 65.2. The Bertz CT molecular complexity index is 3370. The number of benzene rings is 9. The maximum absolute atomic E-state index is 7.25. The van der Waals surface area contributed by atoms with Crippen LogP contribution in [0.25, 0.3) is 0 Å². The van der Waals surface area contributed by atoms with Crippen molar-refractivity contribution in [1.82, 2.24) is 0 Å². The zero-order valence-electron chi connectivity index (χ0n) is 38.0. The highest BCUT2D eigenvalue weighted by molar-refractivity contribution is 7.00. The third-order valence-corrected chi connectivity index (χ3v) is 15.6. The predicted octanol–water partition coefficient (Wildman–Crippen LogP) is 11.4. The summed E-state index contributed by atoms with van der Waals surface area (Å²) in [5.41, 5.74) is 17.5. The summed E-state index contributed by atoms with van der Waals surface area (Å²) in [6.45, 7) is 8.95. The maximum Gasteiger partial charge on any atom is 0.260 e. The molecule has 9 aromatic carbocycles. The van der Waals surface area contributed by atoms with Crippen molar-refractivity contribution in [3.05, 3.63) is 204 Å². The van der Waals surface area contributed by atoms with E-state index in [0.29, 0.717) is 0 Å². The van der Waals surface area contributed by atoms with Gasteiger partial charge in [0.05, 0.1) is 34.1 Å². The van der Waals surface area contributed by atoms with Gasteiger partial charge in [-0.3, -0.25) is 0 Å². The molecule has 6 aliphatic heterocycles. The SMILES string of the molecule is CC1(C)c2ccccc2N(c2cc3c4c(c2)Oc2cc5c(cc2B4c2ccccc2O3)Oc2cc(N3c4ccccc4C(C)(C)c4ccccc43)cc3c2B5c2ccccc2O3)c2ccccc21. The predicted molar refractivity (Wildman–Crippen MR) is 275 cm³/mol. The summed E-state index contributed by atoms with van der Waals surface area (Å²) < 4.78 is 28.3. The zero-order valence-corrected chi connectivity index (χ0v) is 38.0. The molecule has 0 saturated carbocycles. The molecule has 8 heteroatoms. The lowest BCUT2D eigenvalue weighted by molar-refractivity contribution is 0.457. The molecule has 0 atom stereocenters. The van der Waals surface area contributed by atoms with Gasteiger partial charge >= 0.3 is 0 Å². The minimum Gasteiger partial charge on any atom is -0.458 e. The fraction of sp³-hybridized carbons (Fsp3) is 0.100. The van der Waals surface area contributed by atoms with E-state index >= 15 is 0 Å². The number of ether oxygens (including phenoxy) is 4. The number of hydrogen-bond acceptors (Lipinski definition) is 6. The van der Waals surface area contributed by atoms with Crippen LogP contribution in [-0.4, -0.2) is 13.4 Å². The van der Waals surface area contributed by atoms with Gasteiger partial charge in [0, 0.05) is 46.0 Å². The summed E-state index contributed by atoms with van der Waals surface area (Å²) in [4.78, 5) is 4.75. The van der Waals surface area contributed by atoms with E-state index < -0.39 is 0 Å². The van der Waals surface area contributed by atoms with Crippen molar-refractivity contribution in [2.75, 3.05) is 9.80 Å². The molecule has 0 aromatic heterocycles. The minimum absolute atomic E-state index is 0.161. The number of anilines is 6. The molecular weight excluding hydrogens is 834 g/mol. The highest BCUT2D eigenvalue weighted by Crippen LogP contribution is 2.55. The van der Waals surface area contributed by atoms with E-state index in [4.69, 9.17) is 18.9 Å². The first-order valence-corrected chi connectivity index (χ1v) is 23.6. The molecule has 322 valence electrons. The average Bonchev–Trinajstić information content (AvgIpc) is 3.36. The van der Waals surface area contributed by atoms with E-state index in [-0.39, 0.29) is 24.3 Å². The average molecular weight is 877 g/mol. The molecule has 0 spiro atoms. The number of para-hydroxylation sites is 6. The molecular formula is C60H42B2N2O4. The lowest BCUT2D eigenvalue weighted by Gasteiger charge is -2.43. The number of nitrogens with zero attached hydrogens (tertiary/aromatic N) is 2. The Balaban J connectivity index is 0.916. The fourth-order valence-electron chi connectivity index (χ4n) is 12.5. The Morgan fingerprint density at radius 1 is 0.309 bits per heavy atom. The molecule has 0 amide bonds. The van der Waals surface area contributed by atoms with Gasteiger partial charge in [-0.25, -0.2) is 0 Å². The third-order valence-electron chi connectivity index (χ3n) is 15.6. The largest absolute Gasteiger partial charge is 0.458 e. The molecule has 0 unspecified atom stereocenters. The molecule has 0 fully saturated rings. The van der Waals surface area contributed by atoms with Crippen molar-refractivity contribution in [3.63, 3.8) is 0 Å². The molecule has 9 aromatic rings. The van der Waals surface area contributed by atoms with Gasteiger partial charge in [-0.1, -0.05) is 137 Å². The van der Waals surface area contributed by atoms with Crippen molar-refractivity contribution in [2.24, 2.45) is 0 Å². The second kappa shape index (κ2) is 13.3. The van der Waals surface area contributed by atoms with Gasteiger partial charge in [-0.05, 0) is 92.6 Å². The molecule has 0 aliphatic carbocycles. The Hall–Kier alpha value is -8.09. The second-order valence-corrected chi connectivity index (χ2v) is 20.0. The topological polar surface area (TPSA) is 43.4 Å². The highest BCUT2D eigenvalue weighted by Gasteiger charge is 2.47. The van der Waals surface area contributed by atoms with Gasteiger partial charge in [0.2, 0.25) is 0 Å². The molecule has 0 radical (unpaired) electrons. The van der Waals surface area contributed by atoms with Gasteiger partial charge in [0.15, 0.2) is 0 Å². The Kier molecular flexibility index (Phi) is 7.44. The maximum atomic E-state index is 7.25. The van der Waals surface area contributed by atoms with Crippen LogP contribution in [0.2, 0.25) is 0 Å². The first-order valence-electron chi connectivity index (χ1n) is 23.6. The summed E-state index contributed by atoms with van der Waals surface area (Å²) >= 11 is 0. The van der Waals surface area contributed by atoms with Crippen molar-refractivity contribution in [2.45, 2.75) is 38.5 Å². The monoisotopic (exact) mass is 876 g/mol. The van der Waals surface area contributed by atoms with Crippen molar-refractivity contribution in [3.8, 4) is 46.0 Å². The summed E-state index contributed by atoms with van der Waals surface area (Å²) in [6.07, 6.45) is 0. The normalized spacial score (nSPS) is 15.9. The molecule has 68 heavy (non-hydrogen) atoms. The molecule has 0 saturated heterocycles. The van der Waals surface area contributed by atoms with E-state index in [9.17, 15) is 0 Å². The van der Waals surface area contributed by atoms with Crippen LogP contribution in [0, 0.1) is 0 Å². The van der Waals surface area contributed by atoms with E-state index in [0.717, 1.165) is 113 Å². The second-order valence-electron chi connectivity index (χ2n) is 20.0. The van der Waals surface area contributed by atoms with Crippen LogP contribution in [0.5, 0.6) is 46.0 Å². The van der Waals surface area contributed by atoms with Crippen LogP contribution in [-0.2, 0) is 10.8 Å². The van der Waals surface area contributed by atoms with Crippen molar-refractivity contribution in [1.29, 1.82) is 0 Å². The third kappa shape index (κ3) is 4.99. The smallest absolute Gasteiger partial charge is 0.260 e. The van der Waals surface area contributed by atoms with Gasteiger partial charge in [-0.15, -0.1) is 0 Å². The lowest BCUT2D eigenvalue weighted by atomic mass is 9.32. The van der Waals surface area contributed by atoms with Crippen LogP contribution >= 0.6 is 0 Å². The van der Waals surface area contributed by atoms with Gasteiger partial charge < -0.3 is 28.7 Å². The van der Waals surface area contributed by atoms with Crippen molar-refractivity contribution < 1.29 is 18.9 Å². The number of hydrogen-bond donors (Lipinski definition) is 0. The minimum atomic E-state index is -0.187. The van der Waals surface area contributed by atoms with Gasteiger partial charge in [-0.2, -0.15) is 0 Å². The molecule has 6 heterocycles. The van der Waals surface area contributed by atoms with Crippen LogP contribution in [0.15, 0.2) is 182 Å². The Labute approximate surface area is 396 Å². The Morgan fingerprint density at radius 2 is 0.603 bits per heavy atom. The molecule has 6 nitrogen and oxygen atoms in total. The summed E-state index contributed by atoms with van der Waals surface area (Å²) in [7, 11) is 0. The number of fused-ring (bicyclic) bond motifs is 12. The van der Waals surface area contributed by atoms with Gasteiger partial charge in [0.1, 0.15) is 46.0 Å². The lowest BCUT2D eigenvalue weighted by Crippen LogP contribution is -2.60. The van der Waals surface area contributed by atoms with Crippen LogP contribution < -0.4 is 61.5 Å². The van der Waals surface area contributed by atoms with E-state index in [1.54, 1.807) is 0 Å². The molecule has 15 rings (SSSR count). The van der Waals surface area contributed by atoms with E-state index in [1.807, 2.05) is 0 Å². The zero-order chi connectivity index (χ0) is 45.2. The first-order chi connectivity index (χ1) is 33.2. The quantitative estimate of drug-likeness (QED) is 0.161. The molecule has 0 bridgehead atoms. The van der Waals surface area contributed by atoms with E-state index in [2.05, 4.69) is 219 Å². The Morgan fingerprint density at radius 3 is 0.956 bits per heavy atom.